The number of amides is 1. The molecular formula is C11H19NO4S. The second kappa shape index (κ2) is 10.1. The molecule has 0 aliphatic carbocycles. The van der Waals surface area contributed by atoms with Crippen LogP contribution in [-0.4, -0.2) is 35.9 Å². The molecular weight excluding hydrogens is 242 g/mol. The minimum Gasteiger partial charge on any atom is -0.466 e. The monoisotopic (exact) mass is 261 g/mol. The van der Waals surface area contributed by atoms with E-state index in [1.54, 1.807) is 6.92 Å². The highest BCUT2D eigenvalue weighted by Crippen LogP contribution is 2.09. The van der Waals surface area contributed by atoms with Gasteiger partial charge in [-0.15, -0.1) is 0 Å². The number of ether oxygens (including phenoxy) is 1. The molecule has 0 rings (SSSR count). The van der Waals surface area contributed by atoms with Crippen molar-refractivity contribution in [1.29, 1.82) is 0 Å². The first-order valence-electron chi connectivity index (χ1n) is 5.68. The maximum absolute atomic E-state index is 11.3. The molecule has 0 aromatic carbocycles. The molecule has 0 aliphatic heterocycles. The summed E-state index contributed by atoms with van der Waals surface area (Å²) in [5.41, 5.74) is 0. The van der Waals surface area contributed by atoms with E-state index < -0.39 is 0 Å². The highest BCUT2D eigenvalue weighted by atomic mass is 32.2. The van der Waals surface area contributed by atoms with Crippen molar-refractivity contribution in [3.8, 4) is 0 Å². The normalized spacial score (nSPS) is 9.76. The summed E-state index contributed by atoms with van der Waals surface area (Å²) in [6, 6.07) is 0. The Bertz CT molecular complexity index is 268. The first-order chi connectivity index (χ1) is 8.10. The zero-order valence-corrected chi connectivity index (χ0v) is 11.1. The van der Waals surface area contributed by atoms with Crippen LogP contribution in [0.4, 0.5) is 0 Å². The molecule has 0 fully saturated rings. The van der Waals surface area contributed by atoms with Crippen molar-refractivity contribution in [2.45, 2.75) is 33.1 Å². The third kappa shape index (κ3) is 9.86. The molecule has 0 bridgehead atoms. The van der Waals surface area contributed by atoms with Gasteiger partial charge in [-0.1, -0.05) is 11.8 Å². The van der Waals surface area contributed by atoms with E-state index in [1.165, 1.54) is 0 Å². The van der Waals surface area contributed by atoms with Crippen LogP contribution in [-0.2, 0) is 19.1 Å². The third-order valence-electron chi connectivity index (χ3n) is 1.80. The van der Waals surface area contributed by atoms with Crippen LogP contribution in [0, 0.1) is 0 Å². The summed E-state index contributed by atoms with van der Waals surface area (Å²) < 4.78 is 4.73. The number of carbonyl (C=O) groups is 3. The Morgan fingerprint density at radius 2 is 1.82 bits per heavy atom. The van der Waals surface area contributed by atoms with Crippen LogP contribution in [0.15, 0.2) is 0 Å². The molecule has 0 saturated heterocycles. The molecule has 0 radical (unpaired) electrons. The van der Waals surface area contributed by atoms with Gasteiger partial charge in [0.2, 0.25) is 5.91 Å². The molecule has 1 amide bonds. The summed E-state index contributed by atoms with van der Waals surface area (Å²) in [5, 5.41) is 2.55. The van der Waals surface area contributed by atoms with Gasteiger partial charge in [0.05, 0.1) is 13.0 Å². The van der Waals surface area contributed by atoms with Crippen LogP contribution < -0.4 is 5.32 Å². The van der Waals surface area contributed by atoms with E-state index >= 15 is 0 Å². The SMILES string of the molecule is CCNC(=O)CCC(=O)SCCC(=O)OCC. The van der Waals surface area contributed by atoms with Gasteiger partial charge in [-0.25, -0.2) is 0 Å². The Kier molecular flexibility index (Phi) is 9.52. The second-order valence-electron chi connectivity index (χ2n) is 3.23. The molecule has 0 heterocycles. The molecule has 0 atom stereocenters. The lowest BCUT2D eigenvalue weighted by Crippen LogP contribution is -2.22. The van der Waals surface area contributed by atoms with Crippen molar-refractivity contribution in [2.24, 2.45) is 0 Å². The summed E-state index contributed by atoms with van der Waals surface area (Å²) in [4.78, 5) is 33.4. The van der Waals surface area contributed by atoms with E-state index in [4.69, 9.17) is 4.74 Å². The van der Waals surface area contributed by atoms with Gasteiger partial charge in [-0.05, 0) is 13.8 Å². The van der Waals surface area contributed by atoms with Crippen molar-refractivity contribution < 1.29 is 19.1 Å². The lowest BCUT2D eigenvalue weighted by atomic mass is 10.3. The van der Waals surface area contributed by atoms with Gasteiger partial charge in [0, 0.05) is 25.1 Å². The molecule has 6 heteroatoms. The second-order valence-corrected chi connectivity index (χ2v) is 4.38. The smallest absolute Gasteiger partial charge is 0.306 e. The van der Waals surface area contributed by atoms with Crippen LogP contribution in [0.5, 0.6) is 0 Å². The standard InChI is InChI=1S/C11H19NO4S/c1-3-12-9(13)5-6-11(15)17-8-7-10(14)16-4-2/h3-8H2,1-2H3,(H,12,13). The number of thioether (sulfide) groups is 1. The predicted molar refractivity (Wildman–Crippen MR) is 66.6 cm³/mol. The number of esters is 1. The van der Waals surface area contributed by atoms with E-state index in [1.807, 2.05) is 6.92 Å². The topological polar surface area (TPSA) is 72.5 Å². The molecule has 0 aromatic rings. The van der Waals surface area contributed by atoms with E-state index in [-0.39, 0.29) is 36.3 Å². The van der Waals surface area contributed by atoms with Crippen LogP contribution in [0.3, 0.4) is 0 Å². The highest BCUT2D eigenvalue weighted by Gasteiger charge is 2.08. The van der Waals surface area contributed by atoms with E-state index in [2.05, 4.69) is 5.32 Å². The minimum absolute atomic E-state index is 0.0689. The fourth-order valence-electron chi connectivity index (χ4n) is 1.05. The fraction of sp³-hybridized carbons (Fsp3) is 0.727. The molecule has 1 N–H and O–H groups in total. The molecule has 0 unspecified atom stereocenters. The van der Waals surface area contributed by atoms with E-state index in [9.17, 15) is 14.4 Å². The average Bonchev–Trinajstić information content (AvgIpc) is 2.27. The summed E-state index contributed by atoms with van der Waals surface area (Å²) in [7, 11) is 0. The average molecular weight is 261 g/mol. The zero-order valence-electron chi connectivity index (χ0n) is 10.3. The van der Waals surface area contributed by atoms with Crippen molar-refractivity contribution >= 4 is 28.8 Å². The van der Waals surface area contributed by atoms with E-state index in [0.29, 0.717) is 18.9 Å². The van der Waals surface area contributed by atoms with Crippen molar-refractivity contribution in [3.63, 3.8) is 0 Å². The molecule has 0 aromatic heterocycles. The number of hydrogen-bond acceptors (Lipinski definition) is 5. The molecule has 98 valence electrons. The van der Waals surface area contributed by atoms with E-state index in [0.717, 1.165) is 11.8 Å². The number of hydrogen-bond donors (Lipinski definition) is 1. The van der Waals surface area contributed by atoms with Crippen molar-refractivity contribution in [1.82, 2.24) is 5.32 Å². The number of nitrogens with one attached hydrogen (secondary N) is 1. The Balaban J connectivity index is 3.53. The summed E-state index contributed by atoms with van der Waals surface area (Å²) in [5.74, 6) is -0.00376. The molecule has 0 spiro atoms. The summed E-state index contributed by atoms with van der Waals surface area (Å²) in [6.07, 6.45) is 0.643. The summed E-state index contributed by atoms with van der Waals surface area (Å²) >= 11 is 1.07. The Labute approximate surface area is 106 Å². The molecule has 5 nitrogen and oxygen atoms in total. The molecule has 0 aliphatic rings. The van der Waals surface area contributed by atoms with Crippen LogP contribution >= 0.6 is 11.8 Å². The van der Waals surface area contributed by atoms with Gasteiger partial charge in [0.15, 0.2) is 5.12 Å². The third-order valence-corrected chi connectivity index (χ3v) is 2.74. The zero-order chi connectivity index (χ0) is 13.1. The maximum atomic E-state index is 11.3. The Morgan fingerprint density at radius 3 is 2.41 bits per heavy atom. The first-order valence-corrected chi connectivity index (χ1v) is 6.66. The number of rotatable bonds is 8. The van der Waals surface area contributed by atoms with Gasteiger partial charge in [-0.3, -0.25) is 14.4 Å². The van der Waals surface area contributed by atoms with Gasteiger partial charge in [-0.2, -0.15) is 0 Å². The highest BCUT2D eigenvalue weighted by molar-refractivity contribution is 8.13. The molecule has 0 saturated carbocycles. The maximum Gasteiger partial charge on any atom is 0.306 e. The summed E-state index contributed by atoms with van der Waals surface area (Å²) in [6.45, 7) is 4.49. The quantitative estimate of drug-likeness (QED) is 0.663. The lowest BCUT2D eigenvalue weighted by Gasteiger charge is -2.02. The van der Waals surface area contributed by atoms with Gasteiger partial charge >= 0.3 is 5.97 Å². The van der Waals surface area contributed by atoms with Crippen LogP contribution in [0.25, 0.3) is 0 Å². The fourth-order valence-corrected chi connectivity index (χ4v) is 1.80. The van der Waals surface area contributed by atoms with Crippen molar-refractivity contribution in [2.75, 3.05) is 18.9 Å². The van der Waals surface area contributed by atoms with Gasteiger partial charge in [0.25, 0.3) is 0 Å². The van der Waals surface area contributed by atoms with Gasteiger partial charge < -0.3 is 10.1 Å². The predicted octanol–water partition coefficient (Wildman–Crippen LogP) is 1.12. The molecule has 17 heavy (non-hydrogen) atoms. The Morgan fingerprint density at radius 1 is 1.12 bits per heavy atom. The Hall–Kier alpha value is -1.04. The lowest BCUT2D eigenvalue weighted by molar-refractivity contribution is -0.142. The first kappa shape index (κ1) is 16.0. The van der Waals surface area contributed by atoms with Crippen molar-refractivity contribution in [3.05, 3.63) is 0 Å². The number of carbonyl (C=O) groups excluding carboxylic acids is 3. The van der Waals surface area contributed by atoms with Gasteiger partial charge in [0.1, 0.15) is 0 Å². The van der Waals surface area contributed by atoms with Crippen LogP contribution in [0.1, 0.15) is 33.1 Å². The largest absolute Gasteiger partial charge is 0.466 e. The minimum atomic E-state index is -0.295. The van der Waals surface area contributed by atoms with Crippen LogP contribution in [0.2, 0.25) is 0 Å².